The first-order valence-electron chi connectivity index (χ1n) is 28.1. The highest BCUT2D eigenvalue weighted by atomic mass is 16.7. The number of nitrogens with two attached hydrogens (primary N) is 2. The van der Waals surface area contributed by atoms with Gasteiger partial charge in [0, 0.05) is 96.8 Å². The number of ketones is 4. The quantitative estimate of drug-likeness (QED) is 0.0304. The zero-order chi connectivity index (χ0) is 62.2. The monoisotopic (exact) mass is 1190 g/mol. The summed E-state index contributed by atoms with van der Waals surface area (Å²) in [4.78, 5) is 82.9. The van der Waals surface area contributed by atoms with Crippen molar-refractivity contribution in [2.45, 2.75) is 164 Å². The summed E-state index contributed by atoms with van der Waals surface area (Å²) >= 11 is 0. The topological polar surface area (TPSA) is 420 Å². The Hall–Kier alpha value is -7.76. The minimum absolute atomic E-state index is 0.0342. The van der Waals surface area contributed by atoms with E-state index in [4.69, 9.17) is 39.9 Å². The number of ether oxygens (including phenoxy) is 6. The molecular weight excluding hydrogens is 1120 g/mol. The lowest BCUT2D eigenvalue weighted by atomic mass is 9.71. The van der Waals surface area contributed by atoms with Crippen molar-refractivity contribution in [2.24, 2.45) is 21.7 Å². The second-order valence-electron chi connectivity index (χ2n) is 22.8. The van der Waals surface area contributed by atoms with Gasteiger partial charge >= 0.3 is 0 Å². The molecule has 10 rings (SSSR count). The van der Waals surface area contributed by atoms with Crippen molar-refractivity contribution in [2.75, 3.05) is 14.2 Å². The number of hydrogen-bond donors (Lipinski definition) is 12. The van der Waals surface area contributed by atoms with Gasteiger partial charge < -0.3 is 80.7 Å². The molecule has 26 nitrogen and oxygen atoms in total. The van der Waals surface area contributed by atoms with E-state index in [1.54, 1.807) is 13.8 Å². The number of unbranched alkanes of at least 4 members (excludes halogenated alkanes) is 1. The number of phenolic OH excluding ortho intramolecular Hbond substituents is 4. The molecule has 4 aliphatic carbocycles. The molecule has 2 amide bonds. The van der Waals surface area contributed by atoms with Gasteiger partial charge in [-0.25, -0.2) is 10.9 Å². The summed E-state index contributed by atoms with van der Waals surface area (Å²) < 4.78 is 35.2. The number of aromatic hydroxyl groups is 4. The lowest BCUT2D eigenvalue weighted by Crippen LogP contribution is -2.52. The van der Waals surface area contributed by atoms with Crippen molar-refractivity contribution in [1.82, 2.24) is 10.9 Å². The summed E-state index contributed by atoms with van der Waals surface area (Å²) in [5.41, 5.74) is 10.0. The van der Waals surface area contributed by atoms with E-state index in [-0.39, 0.29) is 119 Å². The lowest BCUT2D eigenvalue weighted by Gasteiger charge is -2.42. The number of nitrogens with one attached hydrogen (secondary N) is 2. The average Bonchev–Trinajstić information content (AvgIpc) is 0.750. The molecule has 2 fully saturated rings. The van der Waals surface area contributed by atoms with Crippen molar-refractivity contribution in [1.29, 1.82) is 0 Å². The maximum absolute atomic E-state index is 14.1. The van der Waals surface area contributed by atoms with Crippen molar-refractivity contribution in [3.8, 4) is 34.5 Å². The Labute approximate surface area is 491 Å². The molecule has 86 heavy (non-hydrogen) atoms. The standard InChI is InChI=1S/C60H68N6O20/c1-23-49(69)31(61)17-39(83-23)85-35-21-59(79,19-29-43(35)57(77)47-45(53(29)73)51(71)27-11-9-13-33(81-5)41(27)55(47)75)25(3)63-65-37(67)15-7-8-16-38(68)66-64-26(4)60(80)20-30-44(36(22-60)86-40-18-32(62)50(70)24(2)84-40)58(78)48-46(54(30)74)52(72)28-12-10-14-34(82-6)42(28)56(48)76/h9-14,23-24,31-32,35-36,39-40,49-50,69-70,73-74,77-80H,7-8,15-22,61-62H2,1-6H3,(H,65,67)(H,66,68)/b63-25+,64-26+. The zero-order valence-corrected chi connectivity index (χ0v) is 47.8. The van der Waals surface area contributed by atoms with E-state index in [0.29, 0.717) is 0 Å². The Balaban J connectivity index is 0.817. The normalized spacial score (nSPS) is 28.7. The van der Waals surface area contributed by atoms with Gasteiger partial charge in [-0.3, -0.25) is 28.8 Å². The van der Waals surface area contributed by atoms with Gasteiger partial charge in [-0.15, -0.1) is 0 Å². The summed E-state index contributed by atoms with van der Waals surface area (Å²) in [5.74, 6) is -7.09. The van der Waals surface area contributed by atoms with Gasteiger partial charge in [0.15, 0.2) is 24.1 Å². The first-order valence-corrected chi connectivity index (χ1v) is 28.1. The first-order chi connectivity index (χ1) is 40.7. The molecule has 2 saturated heterocycles. The molecular formula is C60H68N6O20. The molecule has 12 unspecified atom stereocenters. The van der Waals surface area contributed by atoms with E-state index in [2.05, 4.69) is 21.1 Å². The third-order valence-electron chi connectivity index (χ3n) is 17.4. The third kappa shape index (κ3) is 10.7. The largest absolute Gasteiger partial charge is 0.507 e. The maximum Gasteiger partial charge on any atom is 0.240 e. The van der Waals surface area contributed by atoms with Crippen LogP contribution in [0.15, 0.2) is 46.6 Å². The Morgan fingerprint density at radius 2 is 0.953 bits per heavy atom. The molecule has 0 aromatic heterocycles. The van der Waals surface area contributed by atoms with Gasteiger partial charge in [0.25, 0.3) is 0 Å². The van der Waals surface area contributed by atoms with Crippen LogP contribution < -0.4 is 31.8 Å². The van der Waals surface area contributed by atoms with Crippen LogP contribution in [-0.4, -0.2) is 162 Å². The predicted octanol–water partition coefficient (Wildman–Crippen LogP) is 2.44. The van der Waals surface area contributed by atoms with Crippen LogP contribution in [0.5, 0.6) is 34.5 Å². The van der Waals surface area contributed by atoms with E-state index in [1.165, 1.54) is 64.5 Å². The molecule has 0 saturated carbocycles. The number of amides is 2. The molecule has 12 atom stereocenters. The number of benzene rings is 4. The van der Waals surface area contributed by atoms with E-state index >= 15 is 0 Å². The van der Waals surface area contributed by atoms with Crippen LogP contribution in [0, 0.1) is 0 Å². The van der Waals surface area contributed by atoms with Crippen molar-refractivity contribution < 1.29 is 98.0 Å². The van der Waals surface area contributed by atoms with Crippen molar-refractivity contribution >= 4 is 46.4 Å². The first kappa shape index (κ1) is 61.3. The maximum atomic E-state index is 14.1. The third-order valence-corrected chi connectivity index (χ3v) is 17.4. The van der Waals surface area contributed by atoms with Gasteiger partial charge in [0.1, 0.15) is 45.7 Å². The summed E-state index contributed by atoms with van der Waals surface area (Å²) in [6.07, 6.45) is -10.5. The van der Waals surface area contributed by atoms with Crippen LogP contribution in [0.4, 0.5) is 0 Å². The number of carbonyl (C=O) groups excluding carboxylic acids is 6. The van der Waals surface area contributed by atoms with Gasteiger partial charge in [-0.05, 0) is 52.7 Å². The second kappa shape index (κ2) is 23.5. The second-order valence-corrected chi connectivity index (χ2v) is 22.8. The number of phenols is 4. The Kier molecular flexibility index (Phi) is 16.8. The fourth-order valence-electron chi connectivity index (χ4n) is 12.5. The van der Waals surface area contributed by atoms with Crippen LogP contribution in [-0.2, 0) is 41.4 Å². The molecule has 458 valence electrons. The highest BCUT2D eigenvalue weighted by Crippen LogP contribution is 2.55. The van der Waals surface area contributed by atoms with Crippen LogP contribution in [0.3, 0.4) is 0 Å². The summed E-state index contributed by atoms with van der Waals surface area (Å²) in [5, 5.41) is 102. The number of methoxy groups -OCH3 is 2. The molecule has 6 aliphatic rings. The number of nitrogens with zero attached hydrogens (tertiary/aromatic N) is 2. The van der Waals surface area contributed by atoms with Crippen molar-refractivity contribution in [3.63, 3.8) is 0 Å². The van der Waals surface area contributed by atoms with Gasteiger partial charge in [-0.2, -0.15) is 10.2 Å². The molecule has 0 bridgehead atoms. The van der Waals surface area contributed by atoms with E-state index in [1.807, 2.05) is 0 Å². The van der Waals surface area contributed by atoms with Crippen molar-refractivity contribution in [3.05, 3.63) is 103 Å². The Bertz CT molecular complexity index is 3320. The van der Waals surface area contributed by atoms with E-state index in [9.17, 15) is 69.6 Å². The molecule has 0 radical (unpaired) electrons. The molecule has 14 N–H and O–H groups in total. The SMILES string of the molecule is COc1cccc2c1C(=O)c1c(O)c3c(c(O)c1C2=O)CC(O)(/C(C)=N/NC(=O)CCCCC(=O)N/N=C(\C)C1(O)Cc2c(O)c4c(c(O)c2C(OC2CC(N)C(O)C(C)O2)C1)C(=O)c1c(OC)cccc1C4=O)CC3OC1CC(N)C(O)C(C)O1. The minimum atomic E-state index is -2.04. The number of fused-ring (bicyclic) bond motifs is 6. The van der Waals surface area contributed by atoms with Crippen LogP contribution in [0.25, 0.3) is 0 Å². The summed E-state index contributed by atoms with van der Waals surface area (Å²) in [7, 11) is 2.62. The Morgan fingerprint density at radius 1 is 0.593 bits per heavy atom. The molecule has 2 aliphatic heterocycles. The zero-order valence-electron chi connectivity index (χ0n) is 47.8. The fourth-order valence-corrected chi connectivity index (χ4v) is 12.5. The summed E-state index contributed by atoms with van der Waals surface area (Å²) in [6, 6.07) is 7.08. The van der Waals surface area contributed by atoms with E-state index in [0.717, 1.165) is 0 Å². The van der Waals surface area contributed by atoms with Crippen LogP contribution in [0.1, 0.15) is 177 Å². The number of rotatable bonds is 15. The van der Waals surface area contributed by atoms with Gasteiger partial charge in [0.2, 0.25) is 23.4 Å². The smallest absolute Gasteiger partial charge is 0.240 e. The number of carbonyl (C=O) groups is 6. The highest BCUT2D eigenvalue weighted by Gasteiger charge is 2.52. The average molecular weight is 1190 g/mol. The van der Waals surface area contributed by atoms with Crippen LogP contribution in [0.2, 0.25) is 0 Å². The highest BCUT2D eigenvalue weighted by molar-refractivity contribution is 6.32. The predicted molar refractivity (Wildman–Crippen MR) is 300 cm³/mol. The molecule has 4 aromatic carbocycles. The number of aliphatic hydroxyl groups excluding tert-OH is 2. The fraction of sp³-hybridized carbons (Fsp3) is 0.467. The summed E-state index contributed by atoms with van der Waals surface area (Å²) in [6.45, 7) is 5.95. The van der Waals surface area contributed by atoms with Gasteiger partial charge in [0.05, 0.1) is 95.6 Å². The Morgan fingerprint density at radius 3 is 1.30 bits per heavy atom. The molecule has 4 aromatic rings. The van der Waals surface area contributed by atoms with Gasteiger partial charge in [-0.1, -0.05) is 24.3 Å². The van der Waals surface area contributed by atoms with Crippen LogP contribution >= 0.6 is 0 Å². The molecule has 26 heteroatoms. The number of hydrazone groups is 2. The van der Waals surface area contributed by atoms with E-state index < -0.39 is 166 Å². The number of hydrogen-bond acceptors (Lipinski definition) is 24. The number of aliphatic hydroxyl groups is 4. The molecule has 2 heterocycles. The lowest BCUT2D eigenvalue weighted by molar-refractivity contribution is -0.246. The minimum Gasteiger partial charge on any atom is -0.507 e. The molecule has 0 spiro atoms.